The summed E-state index contributed by atoms with van der Waals surface area (Å²) in [6.07, 6.45) is 3.20. The summed E-state index contributed by atoms with van der Waals surface area (Å²) in [6, 6.07) is 23.4. The minimum atomic E-state index is -3.63. The SMILES string of the molecule is C=CCNC(=O)[C@H](CC)NCCNC(=O)c1cc(C(=O)NCc2ccccc2)cc(N(C)S(C)(=O)=O)c1.Cc1ccccc1. The normalized spacial score (nSPS) is 11.3. The highest BCUT2D eigenvalue weighted by Gasteiger charge is 2.19. The van der Waals surface area contributed by atoms with E-state index in [1.165, 1.54) is 30.8 Å². The zero-order valence-corrected chi connectivity index (χ0v) is 26.6. The van der Waals surface area contributed by atoms with E-state index in [9.17, 15) is 22.8 Å². The van der Waals surface area contributed by atoms with Crippen LogP contribution < -0.4 is 25.6 Å². The van der Waals surface area contributed by atoms with Crippen molar-refractivity contribution >= 4 is 33.4 Å². The average Bonchev–Trinajstić information content (AvgIpc) is 3.02. The molecule has 4 N–H and O–H groups in total. The molecule has 0 saturated heterocycles. The number of benzene rings is 3. The zero-order chi connectivity index (χ0) is 32.5. The smallest absolute Gasteiger partial charge is 0.251 e. The summed E-state index contributed by atoms with van der Waals surface area (Å²) >= 11 is 0. The summed E-state index contributed by atoms with van der Waals surface area (Å²) in [7, 11) is -2.28. The predicted octanol–water partition coefficient (Wildman–Crippen LogP) is 3.41. The molecule has 0 unspecified atom stereocenters. The zero-order valence-electron chi connectivity index (χ0n) is 25.8. The molecule has 3 rings (SSSR count). The molecule has 0 aliphatic heterocycles. The van der Waals surface area contributed by atoms with Crippen LogP contribution in [0.5, 0.6) is 0 Å². The molecule has 0 saturated carbocycles. The summed E-state index contributed by atoms with van der Waals surface area (Å²) in [4.78, 5) is 37.9. The molecule has 0 aromatic heterocycles. The van der Waals surface area contributed by atoms with Gasteiger partial charge in [-0.05, 0) is 37.1 Å². The Kier molecular flexibility index (Phi) is 14.8. The summed E-state index contributed by atoms with van der Waals surface area (Å²) in [6.45, 7) is 8.72. The van der Waals surface area contributed by atoms with E-state index in [1.807, 2.05) is 55.5 Å². The van der Waals surface area contributed by atoms with Gasteiger partial charge < -0.3 is 21.3 Å². The van der Waals surface area contributed by atoms with Crippen LogP contribution in [-0.4, -0.2) is 65.1 Å². The van der Waals surface area contributed by atoms with Crippen LogP contribution in [0, 0.1) is 6.92 Å². The third kappa shape index (κ3) is 12.4. The maximum Gasteiger partial charge on any atom is 0.251 e. The molecule has 3 aromatic carbocycles. The van der Waals surface area contributed by atoms with E-state index < -0.39 is 27.9 Å². The first-order valence-electron chi connectivity index (χ1n) is 14.3. The van der Waals surface area contributed by atoms with E-state index in [0.29, 0.717) is 19.5 Å². The van der Waals surface area contributed by atoms with Gasteiger partial charge in [-0.3, -0.25) is 18.7 Å². The van der Waals surface area contributed by atoms with Crippen LogP contribution >= 0.6 is 0 Å². The first kappa shape index (κ1) is 35.7. The lowest BCUT2D eigenvalue weighted by Gasteiger charge is -2.19. The molecule has 0 bridgehead atoms. The van der Waals surface area contributed by atoms with Gasteiger partial charge in [0, 0.05) is 44.4 Å². The van der Waals surface area contributed by atoms with Crippen LogP contribution in [0.4, 0.5) is 5.69 Å². The van der Waals surface area contributed by atoms with Gasteiger partial charge in [-0.25, -0.2) is 8.42 Å². The Hall–Kier alpha value is -4.48. The standard InChI is InChI=1S/C26H35N5O5S.C7H8/c1-5-12-28-26(34)23(6-2)27-13-14-29-24(32)20-15-21(17-22(16-20)31(3)37(4,35)36)25(33)30-18-19-10-8-7-9-11-19;1-7-5-3-2-4-6-7/h5,7-11,15-17,23,27H,1,6,12-14,18H2,2-4H3,(H,28,34)(H,29,32)(H,30,33);2-6H,1H3/t23-;/m0./s1. The molecule has 0 spiro atoms. The molecule has 0 fully saturated rings. The molecule has 1 atom stereocenters. The van der Waals surface area contributed by atoms with Crippen molar-refractivity contribution in [3.63, 3.8) is 0 Å². The topological polar surface area (TPSA) is 137 Å². The number of sulfonamides is 1. The Balaban J connectivity index is 0.000000843. The lowest BCUT2D eigenvalue weighted by molar-refractivity contribution is -0.123. The third-order valence-electron chi connectivity index (χ3n) is 6.49. The molecule has 0 radical (unpaired) electrons. The molecule has 0 aliphatic rings. The van der Waals surface area contributed by atoms with Crippen LogP contribution in [0.1, 0.15) is 45.2 Å². The second kappa shape index (κ2) is 18.2. The van der Waals surface area contributed by atoms with Crippen LogP contribution in [0.3, 0.4) is 0 Å². The Morgan fingerprint density at radius 1 is 0.864 bits per heavy atom. The average molecular weight is 622 g/mol. The molecule has 0 aliphatic carbocycles. The number of carbonyl (C=O) groups excluding carboxylic acids is 3. The van der Waals surface area contributed by atoms with Gasteiger partial charge in [0.15, 0.2) is 0 Å². The monoisotopic (exact) mass is 621 g/mol. The van der Waals surface area contributed by atoms with E-state index in [4.69, 9.17) is 0 Å². The van der Waals surface area contributed by atoms with Crippen molar-refractivity contribution in [1.29, 1.82) is 0 Å². The number of nitrogens with zero attached hydrogens (tertiary/aromatic N) is 1. The van der Waals surface area contributed by atoms with Gasteiger partial charge in [0.2, 0.25) is 15.9 Å². The van der Waals surface area contributed by atoms with Crippen LogP contribution in [0.2, 0.25) is 0 Å². The molecule has 11 heteroatoms. The van der Waals surface area contributed by atoms with Gasteiger partial charge in [-0.15, -0.1) is 6.58 Å². The summed E-state index contributed by atoms with van der Waals surface area (Å²) < 4.78 is 25.2. The van der Waals surface area contributed by atoms with Gasteiger partial charge in [0.1, 0.15) is 0 Å². The molecule has 0 heterocycles. The van der Waals surface area contributed by atoms with Crippen molar-refractivity contribution in [3.8, 4) is 0 Å². The molecular formula is C33H43N5O5S. The van der Waals surface area contributed by atoms with Crippen LogP contribution in [0.25, 0.3) is 0 Å². The number of aryl methyl sites for hydroxylation is 1. The summed E-state index contributed by atoms with van der Waals surface area (Å²) in [5.41, 5.74) is 2.69. The van der Waals surface area contributed by atoms with E-state index in [2.05, 4.69) is 46.9 Å². The van der Waals surface area contributed by atoms with Gasteiger partial charge in [-0.1, -0.05) is 79.2 Å². The van der Waals surface area contributed by atoms with Gasteiger partial charge in [0.25, 0.3) is 11.8 Å². The highest BCUT2D eigenvalue weighted by atomic mass is 32.2. The Morgan fingerprint density at radius 3 is 1.93 bits per heavy atom. The fraction of sp³-hybridized carbons (Fsp3) is 0.303. The molecule has 3 amide bonds. The first-order chi connectivity index (χ1) is 21.0. The van der Waals surface area contributed by atoms with Gasteiger partial charge in [0.05, 0.1) is 18.0 Å². The van der Waals surface area contributed by atoms with Gasteiger partial charge in [-0.2, -0.15) is 0 Å². The minimum Gasteiger partial charge on any atom is -0.351 e. The minimum absolute atomic E-state index is 0.133. The molecule has 236 valence electrons. The largest absolute Gasteiger partial charge is 0.351 e. The third-order valence-corrected chi connectivity index (χ3v) is 7.69. The number of hydrogen-bond donors (Lipinski definition) is 4. The summed E-state index contributed by atoms with van der Waals surface area (Å²) in [5.74, 6) is -1.08. The maximum absolute atomic E-state index is 12.9. The first-order valence-corrected chi connectivity index (χ1v) is 16.1. The lowest BCUT2D eigenvalue weighted by atomic mass is 10.1. The molecule has 10 nitrogen and oxygen atoms in total. The van der Waals surface area contributed by atoms with Crippen molar-refractivity contribution in [2.24, 2.45) is 0 Å². The Labute approximate surface area is 261 Å². The second-order valence-corrected chi connectivity index (χ2v) is 12.0. The summed E-state index contributed by atoms with van der Waals surface area (Å²) in [5, 5.41) is 11.3. The Morgan fingerprint density at radius 2 is 1.43 bits per heavy atom. The molecule has 44 heavy (non-hydrogen) atoms. The second-order valence-electron chi connectivity index (χ2n) is 10.0. The molecule has 3 aromatic rings. The van der Waals surface area contributed by atoms with Crippen molar-refractivity contribution in [2.75, 3.05) is 37.2 Å². The fourth-order valence-electron chi connectivity index (χ4n) is 3.90. The Bertz CT molecular complexity index is 1480. The van der Waals surface area contributed by atoms with Crippen molar-refractivity contribution in [1.82, 2.24) is 21.3 Å². The van der Waals surface area contributed by atoms with Crippen molar-refractivity contribution in [2.45, 2.75) is 32.9 Å². The van der Waals surface area contributed by atoms with Crippen molar-refractivity contribution < 1.29 is 22.8 Å². The van der Waals surface area contributed by atoms with E-state index in [0.717, 1.165) is 16.1 Å². The number of amides is 3. The van der Waals surface area contributed by atoms with E-state index in [-0.39, 0.29) is 35.8 Å². The number of carbonyl (C=O) groups is 3. The maximum atomic E-state index is 12.9. The van der Waals surface area contributed by atoms with Gasteiger partial charge >= 0.3 is 0 Å². The highest BCUT2D eigenvalue weighted by Crippen LogP contribution is 2.21. The number of hydrogen-bond acceptors (Lipinski definition) is 6. The van der Waals surface area contributed by atoms with Crippen LogP contribution in [-0.2, 0) is 21.4 Å². The number of nitrogens with one attached hydrogen (secondary N) is 4. The van der Waals surface area contributed by atoms with Crippen LogP contribution in [0.15, 0.2) is 91.5 Å². The van der Waals surface area contributed by atoms with E-state index in [1.54, 1.807) is 6.08 Å². The lowest BCUT2D eigenvalue weighted by Crippen LogP contribution is -2.46. The molecular weight excluding hydrogens is 578 g/mol. The van der Waals surface area contributed by atoms with E-state index >= 15 is 0 Å². The number of rotatable bonds is 14. The predicted molar refractivity (Wildman–Crippen MR) is 176 cm³/mol. The highest BCUT2D eigenvalue weighted by molar-refractivity contribution is 7.92. The quantitative estimate of drug-likeness (QED) is 0.161. The van der Waals surface area contributed by atoms with Crippen molar-refractivity contribution in [3.05, 3.63) is 114 Å². The fourth-order valence-corrected chi connectivity index (χ4v) is 4.39. The number of anilines is 1.